The molecule has 102 valence electrons. The number of nitrogens with one attached hydrogen (secondary N) is 1. The number of pyridine rings is 1. The van der Waals surface area contributed by atoms with E-state index in [1.165, 1.54) is 0 Å². The van der Waals surface area contributed by atoms with E-state index in [4.69, 9.17) is 4.74 Å². The normalized spacial score (nSPS) is 10.6. The SMILES string of the molecule is COCCn1cc(NCc2nc(C)cs2)ccc1=O. The topological polar surface area (TPSA) is 56.1 Å². The van der Waals surface area contributed by atoms with E-state index in [2.05, 4.69) is 10.3 Å². The number of aryl methyl sites for hydroxylation is 1. The molecule has 0 atom stereocenters. The minimum atomic E-state index is -0.0207. The molecule has 0 bridgehead atoms. The average molecular weight is 279 g/mol. The third-order valence-electron chi connectivity index (χ3n) is 2.63. The first-order valence-corrected chi connectivity index (χ1v) is 6.91. The van der Waals surface area contributed by atoms with Crippen LogP contribution in [0, 0.1) is 6.92 Å². The van der Waals surface area contributed by atoms with Crippen molar-refractivity contribution in [3.63, 3.8) is 0 Å². The Morgan fingerprint density at radius 3 is 3.00 bits per heavy atom. The van der Waals surface area contributed by atoms with Crippen molar-refractivity contribution in [1.82, 2.24) is 9.55 Å². The highest BCUT2D eigenvalue weighted by atomic mass is 32.1. The van der Waals surface area contributed by atoms with Crippen molar-refractivity contribution < 1.29 is 4.74 Å². The molecule has 19 heavy (non-hydrogen) atoms. The summed E-state index contributed by atoms with van der Waals surface area (Å²) >= 11 is 1.63. The Morgan fingerprint density at radius 1 is 1.47 bits per heavy atom. The summed E-state index contributed by atoms with van der Waals surface area (Å²) in [6.07, 6.45) is 1.81. The van der Waals surface area contributed by atoms with Crippen molar-refractivity contribution in [2.45, 2.75) is 20.0 Å². The lowest BCUT2D eigenvalue weighted by Gasteiger charge is -2.09. The second-order valence-electron chi connectivity index (χ2n) is 4.18. The zero-order chi connectivity index (χ0) is 13.7. The molecule has 2 aromatic rings. The first kappa shape index (κ1) is 13.8. The molecule has 0 aliphatic rings. The van der Waals surface area contributed by atoms with Gasteiger partial charge in [0.1, 0.15) is 5.01 Å². The molecular weight excluding hydrogens is 262 g/mol. The van der Waals surface area contributed by atoms with E-state index in [1.54, 1.807) is 35.1 Å². The second-order valence-corrected chi connectivity index (χ2v) is 5.12. The van der Waals surface area contributed by atoms with Crippen LogP contribution in [0.3, 0.4) is 0 Å². The molecule has 0 amide bonds. The number of aromatic nitrogens is 2. The summed E-state index contributed by atoms with van der Waals surface area (Å²) in [7, 11) is 1.62. The maximum Gasteiger partial charge on any atom is 0.250 e. The molecule has 2 aromatic heterocycles. The predicted molar refractivity (Wildman–Crippen MR) is 76.8 cm³/mol. The van der Waals surface area contributed by atoms with Crippen LogP contribution < -0.4 is 10.9 Å². The first-order valence-electron chi connectivity index (χ1n) is 6.03. The lowest BCUT2D eigenvalue weighted by molar-refractivity contribution is 0.186. The number of rotatable bonds is 6. The minimum Gasteiger partial charge on any atom is -0.383 e. The second kappa shape index (κ2) is 6.49. The lowest BCUT2D eigenvalue weighted by atomic mass is 10.4. The predicted octanol–water partition coefficient (Wildman–Crippen LogP) is 1.87. The number of hydrogen-bond donors (Lipinski definition) is 1. The lowest BCUT2D eigenvalue weighted by Crippen LogP contribution is -2.21. The maximum atomic E-state index is 11.6. The Bertz CT molecular complexity index is 592. The van der Waals surface area contributed by atoms with Crippen LogP contribution in [0.15, 0.2) is 28.5 Å². The molecule has 0 fully saturated rings. The molecule has 0 unspecified atom stereocenters. The van der Waals surface area contributed by atoms with Gasteiger partial charge >= 0.3 is 0 Å². The third-order valence-corrected chi connectivity index (χ3v) is 3.60. The quantitative estimate of drug-likeness (QED) is 0.877. The summed E-state index contributed by atoms with van der Waals surface area (Å²) < 4.78 is 6.62. The van der Waals surface area contributed by atoms with Crippen LogP contribution in [-0.4, -0.2) is 23.3 Å². The van der Waals surface area contributed by atoms with Gasteiger partial charge in [-0.05, 0) is 13.0 Å². The van der Waals surface area contributed by atoms with E-state index in [1.807, 2.05) is 18.5 Å². The van der Waals surface area contributed by atoms with E-state index in [0.29, 0.717) is 19.7 Å². The number of nitrogens with zero attached hydrogens (tertiary/aromatic N) is 2. The molecule has 0 saturated carbocycles. The van der Waals surface area contributed by atoms with Crippen LogP contribution in [-0.2, 0) is 17.8 Å². The van der Waals surface area contributed by atoms with E-state index < -0.39 is 0 Å². The number of methoxy groups -OCH3 is 1. The standard InChI is InChI=1S/C13H17N3O2S/c1-10-9-19-12(15-10)7-14-11-3-4-13(17)16(8-11)5-6-18-2/h3-4,8-9,14H,5-7H2,1-2H3. The Kier molecular flexibility index (Phi) is 4.70. The van der Waals surface area contributed by atoms with Gasteiger partial charge in [0, 0.05) is 37.0 Å². The highest BCUT2D eigenvalue weighted by Crippen LogP contribution is 2.11. The molecule has 2 heterocycles. The van der Waals surface area contributed by atoms with Gasteiger partial charge in [-0.15, -0.1) is 11.3 Å². The maximum absolute atomic E-state index is 11.6. The van der Waals surface area contributed by atoms with Crippen LogP contribution in [0.25, 0.3) is 0 Å². The molecule has 0 aliphatic carbocycles. The van der Waals surface area contributed by atoms with Crippen LogP contribution in [0.2, 0.25) is 0 Å². The van der Waals surface area contributed by atoms with Gasteiger partial charge < -0.3 is 14.6 Å². The molecule has 2 rings (SSSR count). The van der Waals surface area contributed by atoms with Gasteiger partial charge in [0.15, 0.2) is 0 Å². The Hall–Kier alpha value is -1.66. The fraction of sp³-hybridized carbons (Fsp3) is 0.385. The van der Waals surface area contributed by atoms with Crippen LogP contribution >= 0.6 is 11.3 Å². The largest absolute Gasteiger partial charge is 0.383 e. The summed E-state index contributed by atoms with van der Waals surface area (Å²) in [4.78, 5) is 16.0. The highest BCUT2D eigenvalue weighted by Gasteiger charge is 2.01. The highest BCUT2D eigenvalue weighted by molar-refractivity contribution is 7.09. The fourth-order valence-corrected chi connectivity index (χ4v) is 2.37. The zero-order valence-electron chi connectivity index (χ0n) is 11.0. The van der Waals surface area contributed by atoms with Crippen molar-refractivity contribution >= 4 is 17.0 Å². The average Bonchev–Trinajstić information content (AvgIpc) is 2.82. The van der Waals surface area contributed by atoms with E-state index in [0.717, 1.165) is 16.4 Å². The molecule has 0 aromatic carbocycles. The van der Waals surface area contributed by atoms with Gasteiger partial charge in [-0.25, -0.2) is 4.98 Å². The fourth-order valence-electron chi connectivity index (χ4n) is 1.66. The van der Waals surface area contributed by atoms with Gasteiger partial charge in [-0.2, -0.15) is 0 Å². The van der Waals surface area contributed by atoms with E-state index in [9.17, 15) is 4.79 Å². The molecule has 0 saturated heterocycles. The van der Waals surface area contributed by atoms with Gasteiger partial charge in [0.25, 0.3) is 5.56 Å². The molecule has 0 aliphatic heterocycles. The molecule has 1 N–H and O–H groups in total. The Morgan fingerprint density at radius 2 is 2.32 bits per heavy atom. The molecule has 0 spiro atoms. The smallest absolute Gasteiger partial charge is 0.250 e. The van der Waals surface area contributed by atoms with Crippen LogP contribution in [0.5, 0.6) is 0 Å². The van der Waals surface area contributed by atoms with Crippen LogP contribution in [0.4, 0.5) is 5.69 Å². The summed E-state index contributed by atoms with van der Waals surface area (Å²) in [6, 6.07) is 3.34. The molecule has 0 radical (unpaired) electrons. The number of hydrogen-bond acceptors (Lipinski definition) is 5. The van der Waals surface area contributed by atoms with Crippen molar-refractivity contribution in [2.24, 2.45) is 0 Å². The van der Waals surface area contributed by atoms with E-state index >= 15 is 0 Å². The summed E-state index contributed by atoms with van der Waals surface area (Å²) in [5.41, 5.74) is 1.92. The molecular formula is C13H17N3O2S. The number of anilines is 1. The Balaban J connectivity index is 2.02. The van der Waals surface area contributed by atoms with Crippen molar-refractivity contribution in [3.8, 4) is 0 Å². The summed E-state index contributed by atoms with van der Waals surface area (Å²) in [6.45, 7) is 3.72. The molecule has 6 heteroatoms. The summed E-state index contributed by atoms with van der Waals surface area (Å²) in [5, 5.41) is 6.32. The number of ether oxygens (including phenoxy) is 1. The van der Waals surface area contributed by atoms with Gasteiger partial charge in [0.2, 0.25) is 0 Å². The number of thiazole rings is 1. The van der Waals surface area contributed by atoms with Crippen molar-refractivity contribution in [2.75, 3.05) is 19.0 Å². The van der Waals surface area contributed by atoms with Crippen LogP contribution in [0.1, 0.15) is 10.7 Å². The third kappa shape index (κ3) is 3.90. The minimum absolute atomic E-state index is 0.0207. The molecule has 5 nitrogen and oxygen atoms in total. The first-order chi connectivity index (χ1) is 9.19. The van der Waals surface area contributed by atoms with E-state index in [-0.39, 0.29) is 5.56 Å². The van der Waals surface area contributed by atoms with Gasteiger partial charge in [-0.3, -0.25) is 4.79 Å². The monoisotopic (exact) mass is 279 g/mol. The van der Waals surface area contributed by atoms with Gasteiger partial charge in [0.05, 0.1) is 18.8 Å². The van der Waals surface area contributed by atoms with Gasteiger partial charge in [-0.1, -0.05) is 0 Å². The van der Waals surface area contributed by atoms with Crippen molar-refractivity contribution in [3.05, 3.63) is 44.8 Å². The summed E-state index contributed by atoms with van der Waals surface area (Å²) in [5.74, 6) is 0. The Labute approximate surface area is 115 Å². The van der Waals surface area contributed by atoms with Crippen molar-refractivity contribution in [1.29, 1.82) is 0 Å². The zero-order valence-corrected chi connectivity index (χ0v) is 11.9.